The van der Waals surface area contributed by atoms with Crippen LogP contribution in [0.3, 0.4) is 0 Å². The fraction of sp³-hybridized carbons (Fsp3) is 0.333. The van der Waals surface area contributed by atoms with Crippen molar-refractivity contribution in [2.45, 2.75) is 19.4 Å². The maximum Gasteiger partial charge on any atom is 0.107 e. The van der Waals surface area contributed by atoms with Gasteiger partial charge in [0.2, 0.25) is 0 Å². The quantitative estimate of drug-likeness (QED) is 0.669. The first-order chi connectivity index (χ1) is 9.33. The monoisotopic (exact) mass is 253 g/mol. The summed E-state index contributed by atoms with van der Waals surface area (Å²) in [6, 6.07) is 6.77. The van der Waals surface area contributed by atoms with E-state index in [1.54, 1.807) is 0 Å². The summed E-state index contributed by atoms with van der Waals surface area (Å²) >= 11 is 0. The first kappa shape index (κ1) is 10.9. The smallest absolute Gasteiger partial charge is 0.107 e. The molecule has 0 radical (unpaired) electrons. The molecule has 0 bridgehead atoms. The Kier molecular flexibility index (Phi) is 2.32. The van der Waals surface area contributed by atoms with E-state index in [0.29, 0.717) is 6.04 Å². The zero-order valence-electron chi connectivity index (χ0n) is 10.8. The minimum absolute atomic E-state index is 0.399. The number of fused-ring (bicyclic) bond motifs is 3. The number of imidazole rings is 1. The summed E-state index contributed by atoms with van der Waals surface area (Å²) < 4.78 is 7.76. The predicted molar refractivity (Wildman–Crippen MR) is 74.2 cm³/mol. The third-order valence-corrected chi connectivity index (χ3v) is 3.85. The van der Waals surface area contributed by atoms with Crippen LogP contribution in [-0.4, -0.2) is 27.7 Å². The van der Waals surface area contributed by atoms with Crippen LogP contribution >= 0.6 is 0 Å². The highest BCUT2D eigenvalue weighted by molar-refractivity contribution is 6.02. The Balaban J connectivity index is 2.06. The Hall–Kier alpha value is -1.94. The molecule has 19 heavy (non-hydrogen) atoms. The molecule has 0 aliphatic carbocycles. The van der Waals surface area contributed by atoms with E-state index in [9.17, 15) is 0 Å². The Morgan fingerprint density at radius 2 is 2.21 bits per heavy atom. The number of rotatable bonds is 1. The van der Waals surface area contributed by atoms with Crippen molar-refractivity contribution in [3.05, 3.63) is 36.3 Å². The lowest BCUT2D eigenvalue weighted by Gasteiger charge is -2.12. The number of ether oxygens (including phenoxy) is 1. The molecule has 4 rings (SSSR count). The van der Waals surface area contributed by atoms with Crippen LogP contribution in [0.25, 0.3) is 21.9 Å². The van der Waals surface area contributed by atoms with Gasteiger partial charge in [0.25, 0.3) is 0 Å². The van der Waals surface area contributed by atoms with E-state index in [0.717, 1.165) is 30.7 Å². The van der Waals surface area contributed by atoms with Gasteiger partial charge in [0.05, 0.1) is 36.2 Å². The lowest BCUT2D eigenvalue weighted by atomic mass is 10.1. The van der Waals surface area contributed by atoms with Crippen LogP contribution in [0.4, 0.5) is 0 Å². The number of benzene rings is 1. The molecule has 1 saturated heterocycles. The van der Waals surface area contributed by atoms with E-state index in [-0.39, 0.29) is 0 Å². The van der Waals surface area contributed by atoms with Gasteiger partial charge in [-0.15, -0.1) is 0 Å². The van der Waals surface area contributed by atoms with E-state index in [1.807, 2.05) is 12.5 Å². The molecule has 2 aromatic heterocycles. The SMILES string of the molecule is Cc1ccc2ncc3ncn(C4CCOC4)c3c2c1. The van der Waals surface area contributed by atoms with Gasteiger partial charge < -0.3 is 9.30 Å². The normalized spacial score (nSPS) is 19.5. The van der Waals surface area contributed by atoms with Crippen molar-refractivity contribution in [1.29, 1.82) is 0 Å². The third-order valence-electron chi connectivity index (χ3n) is 3.85. The molecule has 0 saturated carbocycles. The van der Waals surface area contributed by atoms with Crippen molar-refractivity contribution < 1.29 is 4.74 Å². The first-order valence-electron chi connectivity index (χ1n) is 6.62. The molecule has 1 aliphatic heterocycles. The van der Waals surface area contributed by atoms with Gasteiger partial charge in [-0.2, -0.15) is 0 Å². The summed E-state index contributed by atoms with van der Waals surface area (Å²) in [5.41, 5.74) is 4.42. The highest BCUT2D eigenvalue weighted by atomic mass is 16.5. The van der Waals surface area contributed by atoms with Crippen molar-refractivity contribution in [3.8, 4) is 0 Å². The van der Waals surface area contributed by atoms with Gasteiger partial charge in [-0.3, -0.25) is 4.98 Å². The number of hydrogen-bond donors (Lipinski definition) is 0. The first-order valence-corrected chi connectivity index (χ1v) is 6.62. The van der Waals surface area contributed by atoms with Gasteiger partial charge in [0, 0.05) is 12.0 Å². The van der Waals surface area contributed by atoms with E-state index >= 15 is 0 Å². The standard InChI is InChI=1S/C15H15N3O/c1-10-2-3-13-12(6-10)15-14(7-16-13)17-9-18(15)11-4-5-19-8-11/h2-3,6-7,9,11H,4-5,8H2,1H3. The van der Waals surface area contributed by atoms with Crippen LogP contribution in [0, 0.1) is 6.92 Å². The highest BCUT2D eigenvalue weighted by Gasteiger charge is 2.20. The van der Waals surface area contributed by atoms with Gasteiger partial charge in [-0.1, -0.05) is 11.6 Å². The Morgan fingerprint density at radius 1 is 1.26 bits per heavy atom. The number of nitrogens with zero attached hydrogens (tertiary/aromatic N) is 3. The minimum Gasteiger partial charge on any atom is -0.379 e. The molecule has 1 unspecified atom stereocenters. The van der Waals surface area contributed by atoms with Crippen molar-refractivity contribution in [2.24, 2.45) is 0 Å². The zero-order chi connectivity index (χ0) is 12.8. The maximum atomic E-state index is 5.50. The maximum absolute atomic E-state index is 5.50. The van der Waals surface area contributed by atoms with Crippen LogP contribution in [0.15, 0.2) is 30.7 Å². The molecule has 1 aromatic carbocycles. The average Bonchev–Trinajstić information content (AvgIpc) is 3.07. The van der Waals surface area contributed by atoms with Crippen LogP contribution in [0.2, 0.25) is 0 Å². The van der Waals surface area contributed by atoms with E-state index in [1.165, 1.54) is 16.5 Å². The van der Waals surface area contributed by atoms with Crippen molar-refractivity contribution in [3.63, 3.8) is 0 Å². The van der Waals surface area contributed by atoms with Crippen molar-refractivity contribution >= 4 is 21.9 Å². The number of hydrogen-bond acceptors (Lipinski definition) is 3. The van der Waals surface area contributed by atoms with Crippen LogP contribution in [-0.2, 0) is 4.74 Å². The summed E-state index contributed by atoms with van der Waals surface area (Å²) in [4.78, 5) is 8.97. The largest absolute Gasteiger partial charge is 0.379 e. The topological polar surface area (TPSA) is 39.9 Å². The van der Waals surface area contributed by atoms with Crippen LogP contribution < -0.4 is 0 Å². The van der Waals surface area contributed by atoms with Crippen LogP contribution in [0.1, 0.15) is 18.0 Å². The Labute approximate surface area is 111 Å². The van der Waals surface area contributed by atoms with E-state index in [2.05, 4.69) is 39.7 Å². The molecule has 3 heterocycles. The molecule has 0 amide bonds. The summed E-state index contributed by atoms with van der Waals surface area (Å²) in [6.45, 7) is 3.73. The summed E-state index contributed by atoms with van der Waals surface area (Å²) in [5.74, 6) is 0. The van der Waals surface area contributed by atoms with Gasteiger partial charge in [0.15, 0.2) is 0 Å². The molecule has 3 aromatic rings. The number of pyridine rings is 1. The van der Waals surface area contributed by atoms with Gasteiger partial charge >= 0.3 is 0 Å². The molecule has 96 valence electrons. The Bertz CT molecular complexity index is 757. The molecule has 1 atom stereocenters. The van der Waals surface area contributed by atoms with E-state index < -0.39 is 0 Å². The number of aromatic nitrogens is 3. The molecule has 1 fully saturated rings. The second-order valence-electron chi connectivity index (χ2n) is 5.18. The lowest BCUT2D eigenvalue weighted by Crippen LogP contribution is -2.07. The number of aryl methyl sites for hydroxylation is 1. The van der Waals surface area contributed by atoms with Gasteiger partial charge in [-0.05, 0) is 25.5 Å². The average molecular weight is 253 g/mol. The fourth-order valence-electron chi connectivity index (χ4n) is 2.85. The molecule has 4 heteroatoms. The van der Waals surface area contributed by atoms with Crippen molar-refractivity contribution in [2.75, 3.05) is 13.2 Å². The lowest BCUT2D eigenvalue weighted by molar-refractivity contribution is 0.187. The fourth-order valence-corrected chi connectivity index (χ4v) is 2.85. The minimum atomic E-state index is 0.399. The molecule has 1 aliphatic rings. The van der Waals surface area contributed by atoms with Crippen LogP contribution in [0.5, 0.6) is 0 Å². The molecule has 0 spiro atoms. The molecular weight excluding hydrogens is 238 g/mol. The highest BCUT2D eigenvalue weighted by Crippen LogP contribution is 2.29. The second kappa shape index (κ2) is 4.03. The third kappa shape index (κ3) is 1.64. The molecular formula is C15H15N3O. The Morgan fingerprint density at radius 3 is 3.05 bits per heavy atom. The second-order valence-corrected chi connectivity index (χ2v) is 5.18. The summed E-state index contributed by atoms with van der Waals surface area (Å²) in [5, 5.41) is 1.18. The summed E-state index contributed by atoms with van der Waals surface area (Å²) in [7, 11) is 0. The molecule has 0 N–H and O–H groups in total. The van der Waals surface area contributed by atoms with E-state index in [4.69, 9.17) is 4.74 Å². The van der Waals surface area contributed by atoms with Gasteiger partial charge in [0.1, 0.15) is 5.52 Å². The summed E-state index contributed by atoms with van der Waals surface area (Å²) in [6.07, 6.45) is 4.84. The predicted octanol–water partition coefficient (Wildman–Crippen LogP) is 2.85. The van der Waals surface area contributed by atoms with Gasteiger partial charge in [-0.25, -0.2) is 4.98 Å². The zero-order valence-corrected chi connectivity index (χ0v) is 10.8. The molecule has 4 nitrogen and oxygen atoms in total. The van der Waals surface area contributed by atoms with Crippen molar-refractivity contribution in [1.82, 2.24) is 14.5 Å².